The summed E-state index contributed by atoms with van der Waals surface area (Å²) in [5.41, 5.74) is 6.82. The van der Waals surface area contributed by atoms with Gasteiger partial charge in [0.15, 0.2) is 0 Å². The molecule has 0 amide bonds. The Hall–Kier alpha value is -2.90. The van der Waals surface area contributed by atoms with E-state index in [0.717, 1.165) is 13.0 Å². The Balaban J connectivity index is 0.000000491. The molecule has 0 fully saturated rings. The van der Waals surface area contributed by atoms with Crippen LogP contribution < -0.4 is 11.1 Å². The number of nitrogens with zero attached hydrogens (tertiary/aromatic N) is 3. The smallest absolute Gasteiger partial charge is 0.450 e. The molecule has 21 heavy (non-hydrogen) atoms. The molecule has 0 bridgehead atoms. The van der Waals surface area contributed by atoms with Gasteiger partial charge in [-0.05, 0) is 18.9 Å². The maximum Gasteiger partial charge on any atom is 0.503 e. The predicted octanol–water partition coefficient (Wildman–Crippen LogP) is 1.64. The lowest BCUT2D eigenvalue weighted by atomic mass is 10.1. The summed E-state index contributed by atoms with van der Waals surface area (Å²) in [7, 11) is 0. The minimum Gasteiger partial charge on any atom is -0.450 e. The van der Waals surface area contributed by atoms with Gasteiger partial charge in [0.25, 0.3) is 0 Å². The summed E-state index contributed by atoms with van der Waals surface area (Å²) >= 11 is 0. The molecule has 0 aliphatic heterocycles. The number of carbonyl (C=O) groups is 1. The highest BCUT2D eigenvalue weighted by Gasteiger charge is 2.00. The van der Waals surface area contributed by atoms with Crippen LogP contribution in [0.2, 0.25) is 0 Å². The third-order valence-electron chi connectivity index (χ3n) is 2.30. The number of nitrogens with two attached hydrogens (primary N) is 1. The molecule has 1 heterocycles. The molecule has 0 aliphatic carbocycles. The van der Waals surface area contributed by atoms with E-state index in [2.05, 4.69) is 32.4 Å². The van der Waals surface area contributed by atoms with Gasteiger partial charge in [-0.3, -0.25) is 0 Å². The van der Waals surface area contributed by atoms with Gasteiger partial charge in [0.1, 0.15) is 5.82 Å². The summed E-state index contributed by atoms with van der Waals surface area (Å²) < 4.78 is 0. The number of rotatable bonds is 4. The molecule has 1 aromatic heterocycles. The van der Waals surface area contributed by atoms with Crippen molar-refractivity contribution < 1.29 is 15.0 Å². The molecule has 5 N–H and O–H groups in total. The van der Waals surface area contributed by atoms with E-state index in [4.69, 9.17) is 20.7 Å². The molecule has 0 aliphatic rings. The van der Waals surface area contributed by atoms with Crippen LogP contribution in [0.1, 0.15) is 11.4 Å². The Kier molecular flexibility index (Phi) is 6.39. The standard InChI is InChI=1S/C12H15N5.CH2O3/c1-9-15-11(13)17-12(16-9)14-8-7-10-5-3-2-4-6-10;2-1(3)4/h2-6H,7-8H2,1H3,(H3,13,14,15,16,17);(H2,2,3,4). The first-order valence-electron chi connectivity index (χ1n) is 6.15. The fourth-order valence-corrected chi connectivity index (χ4v) is 1.54. The van der Waals surface area contributed by atoms with Crippen LogP contribution >= 0.6 is 0 Å². The van der Waals surface area contributed by atoms with Crippen molar-refractivity contribution in [1.29, 1.82) is 0 Å². The Labute approximate surface area is 121 Å². The number of benzene rings is 1. The summed E-state index contributed by atoms with van der Waals surface area (Å²) in [6, 6.07) is 10.2. The van der Waals surface area contributed by atoms with Crippen LogP contribution in [0.3, 0.4) is 0 Å². The van der Waals surface area contributed by atoms with Crippen molar-refractivity contribution in [3.05, 3.63) is 41.7 Å². The molecule has 112 valence electrons. The first-order chi connectivity index (χ1) is 9.97. The summed E-state index contributed by atoms with van der Waals surface area (Å²) in [6.07, 6.45) is -0.911. The van der Waals surface area contributed by atoms with E-state index >= 15 is 0 Å². The quantitative estimate of drug-likeness (QED) is 0.667. The van der Waals surface area contributed by atoms with Gasteiger partial charge in [0.2, 0.25) is 11.9 Å². The van der Waals surface area contributed by atoms with E-state index in [1.54, 1.807) is 6.92 Å². The second-order valence-corrected chi connectivity index (χ2v) is 4.01. The van der Waals surface area contributed by atoms with Gasteiger partial charge >= 0.3 is 6.16 Å². The monoisotopic (exact) mass is 291 g/mol. The zero-order valence-corrected chi connectivity index (χ0v) is 11.5. The van der Waals surface area contributed by atoms with Crippen LogP contribution in [-0.4, -0.2) is 37.9 Å². The number of hydrogen-bond acceptors (Lipinski definition) is 6. The highest BCUT2D eigenvalue weighted by molar-refractivity contribution is 5.53. The molecular weight excluding hydrogens is 274 g/mol. The van der Waals surface area contributed by atoms with E-state index in [1.165, 1.54) is 5.56 Å². The normalized spacial score (nSPS) is 9.38. The largest absolute Gasteiger partial charge is 0.503 e. The topological polar surface area (TPSA) is 134 Å². The third kappa shape index (κ3) is 7.31. The zero-order valence-electron chi connectivity index (χ0n) is 11.5. The summed E-state index contributed by atoms with van der Waals surface area (Å²) in [5, 5.41) is 17.1. The molecule has 0 spiro atoms. The maximum absolute atomic E-state index is 8.56. The van der Waals surface area contributed by atoms with Crippen molar-refractivity contribution in [1.82, 2.24) is 15.0 Å². The second kappa shape index (κ2) is 8.31. The Morgan fingerprint density at radius 2 is 1.81 bits per heavy atom. The van der Waals surface area contributed by atoms with Crippen LogP contribution in [-0.2, 0) is 6.42 Å². The number of nitrogen functional groups attached to an aromatic ring is 1. The zero-order chi connectivity index (χ0) is 15.7. The van der Waals surface area contributed by atoms with E-state index in [-0.39, 0.29) is 5.95 Å². The SMILES string of the molecule is Cc1nc(N)nc(NCCc2ccccc2)n1.O=C(O)O. The van der Waals surface area contributed by atoms with Crippen LogP contribution in [0.5, 0.6) is 0 Å². The van der Waals surface area contributed by atoms with Crippen molar-refractivity contribution in [3.63, 3.8) is 0 Å². The number of aryl methyl sites for hydroxylation is 1. The minimum absolute atomic E-state index is 0.250. The Morgan fingerprint density at radius 3 is 2.38 bits per heavy atom. The van der Waals surface area contributed by atoms with Crippen LogP contribution in [0.25, 0.3) is 0 Å². The molecule has 0 saturated carbocycles. The lowest BCUT2D eigenvalue weighted by Gasteiger charge is -2.05. The fraction of sp³-hybridized carbons (Fsp3) is 0.231. The summed E-state index contributed by atoms with van der Waals surface area (Å²) in [6.45, 7) is 2.56. The van der Waals surface area contributed by atoms with Crippen molar-refractivity contribution in [2.24, 2.45) is 0 Å². The van der Waals surface area contributed by atoms with Gasteiger partial charge in [0, 0.05) is 6.54 Å². The Morgan fingerprint density at radius 1 is 1.19 bits per heavy atom. The second-order valence-electron chi connectivity index (χ2n) is 4.01. The van der Waals surface area contributed by atoms with Crippen molar-refractivity contribution in [2.75, 3.05) is 17.6 Å². The molecular formula is C13H17N5O3. The van der Waals surface area contributed by atoms with E-state index in [0.29, 0.717) is 11.8 Å². The first kappa shape index (κ1) is 16.2. The number of aromatic nitrogens is 3. The number of carboxylic acid groups (broad SMARTS) is 2. The van der Waals surface area contributed by atoms with Crippen molar-refractivity contribution >= 4 is 18.1 Å². The first-order valence-corrected chi connectivity index (χ1v) is 6.15. The van der Waals surface area contributed by atoms with E-state index in [9.17, 15) is 0 Å². The highest BCUT2D eigenvalue weighted by Crippen LogP contribution is 2.03. The average molecular weight is 291 g/mol. The molecule has 8 nitrogen and oxygen atoms in total. The van der Waals surface area contributed by atoms with Gasteiger partial charge < -0.3 is 21.3 Å². The molecule has 0 radical (unpaired) electrons. The average Bonchev–Trinajstić information content (AvgIpc) is 2.38. The maximum atomic E-state index is 8.56. The molecule has 0 unspecified atom stereocenters. The molecule has 2 aromatic rings. The molecule has 0 atom stereocenters. The lowest BCUT2D eigenvalue weighted by Crippen LogP contribution is -2.10. The Bertz CT molecular complexity index is 553. The molecule has 2 rings (SSSR count). The summed E-state index contributed by atoms with van der Waals surface area (Å²) in [4.78, 5) is 20.6. The molecule has 1 aromatic carbocycles. The van der Waals surface area contributed by atoms with Gasteiger partial charge in [-0.25, -0.2) is 4.79 Å². The van der Waals surface area contributed by atoms with Gasteiger partial charge in [-0.1, -0.05) is 30.3 Å². The van der Waals surface area contributed by atoms with Crippen LogP contribution in [0, 0.1) is 6.92 Å². The van der Waals surface area contributed by atoms with Gasteiger partial charge in [-0.15, -0.1) is 0 Å². The molecule has 0 saturated heterocycles. The van der Waals surface area contributed by atoms with E-state index < -0.39 is 6.16 Å². The van der Waals surface area contributed by atoms with Crippen molar-refractivity contribution in [2.45, 2.75) is 13.3 Å². The van der Waals surface area contributed by atoms with Gasteiger partial charge in [-0.2, -0.15) is 15.0 Å². The minimum atomic E-state index is -1.83. The number of nitrogens with one attached hydrogen (secondary N) is 1. The van der Waals surface area contributed by atoms with Crippen molar-refractivity contribution in [3.8, 4) is 0 Å². The lowest BCUT2D eigenvalue weighted by molar-refractivity contribution is 0.137. The molecule has 8 heteroatoms. The third-order valence-corrected chi connectivity index (χ3v) is 2.30. The number of anilines is 2. The summed E-state index contributed by atoms with van der Waals surface area (Å²) in [5.74, 6) is 1.41. The van der Waals surface area contributed by atoms with Crippen LogP contribution in [0.15, 0.2) is 30.3 Å². The van der Waals surface area contributed by atoms with E-state index in [1.807, 2.05) is 18.2 Å². The number of hydrogen-bond donors (Lipinski definition) is 4. The van der Waals surface area contributed by atoms with Gasteiger partial charge in [0.05, 0.1) is 0 Å². The van der Waals surface area contributed by atoms with Crippen LogP contribution in [0.4, 0.5) is 16.7 Å². The predicted molar refractivity (Wildman–Crippen MR) is 78.3 cm³/mol. The fourth-order valence-electron chi connectivity index (χ4n) is 1.54. The highest BCUT2D eigenvalue weighted by atomic mass is 16.6.